The Morgan fingerprint density at radius 1 is 1.36 bits per heavy atom. The van der Waals surface area contributed by atoms with Crippen LogP contribution in [0.25, 0.3) is 0 Å². The Hall–Kier alpha value is -1.77. The Balaban J connectivity index is 2.23. The van der Waals surface area contributed by atoms with E-state index in [4.69, 9.17) is 10.3 Å². The molecule has 0 aliphatic heterocycles. The number of benzene rings is 1. The van der Waals surface area contributed by atoms with Gasteiger partial charge < -0.3 is 10.3 Å². The molecule has 0 fully saturated rings. The summed E-state index contributed by atoms with van der Waals surface area (Å²) in [6, 6.07) is 9.97. The van der Waals surface area contributed by atoms with Gasteiger partial charge in [-0.15, -0.1) is 0 Å². The molecular weight excluding hydrogens is 176 g/mol. The third-order valence-electron chi connectivity index (χ3n) is 2.21. The molecule has 72 valence electrons. The highest BCUT2D eigenvalue weighted by atomic mass is 16.5. The van der Waals surface area contributed by atoms with Crippen LogP contribution in [0.15, 0.2) is 34.9 Å². The first kappa shape index (κ1) is 8.81. The Morgan fingerprint density at radius 3 is 2.79 bits per heavy atom. The maximum Gasteiger partial charge on any atom is 0.222 e. The van der Waals surface area contributed by atoms with Crippen LogP contribution in [0.2, 0.25) is 0 Å². The quantitative estimate of drug-likeness (QED) is 0.785. The summed E-state index contributed by atoms with van der Waals surface area (Å²) in [6.07, 6.45) is 0.771. The molecule has 0 unspecified atom stereocenters. The second-order valence-electron chi connectivity index (χ2n) is 3.32. The van der Waals surface area contributed by atoms with E-state index in [0.29, 0.717) is 5.88 Å². The van der Waals surface area contributed by atoms with E-state index in [0.717, 1.165) is 12.1 Å². The normalized spacial score (nSPS) is 10.4. The van der Waals surface area contributed by atoms with Gasteiger partial charge in [0, 0.05) is 12.5 Å². The van der Waals surface area contributed by atoms with Gasteiger partial charge in [0.25, 0.3) is 0 Å². The third-order valence-corrected chi connectivity index (χ3v) is 2.21. The molecule has 2 aromatic rings. The Morgan fingerprint density at radius 2 is 2.14 bits per heavy atom. The van der Waals surface area contributed by atoms with E-state index in [2.05, 4.69) is 24.2 Å². The zero-order valence-electron chi connectivity index (χ0n) is 8.03. The minimum atomic E-state index is 0.369. The molecule has 1 aromatic carbocycles. The lowest BCUT2D eigenvalue weighted by Gasteiger charge is -2.01. The molecule has 3 heteroatoms. The van der Waals surface area contributed by atoms with E-state index in [1.54, 1.807) is 6.07 Å². The van der Waals surface area contributed by atoms with Crippen molar-refractivity contribution in [3.8, 4) is 0 Å². The summed E-state index contributed by atoms with van der Waals surface area (Å²) in [5, 5.41) is 3.85. The van der Waals surface area contributed by atoms with E-state index in [-0.39, 0.29) is 0 Å². The second kappa shape index (κ2) is 3.54. The average molecular weight is 188 g/mol. The van der Waals surface area contributed by atoms with Crippen LogP contribution in [0, 0.1) is 6.92 Å². The van der Waals surface area contributed by atoms with Crippen LogP contribution < -0.4 is 5.73 Å². The molecule has 0 radical (unpaired) electrons. The summed E-state index contributed by atoms with van der Waals surface area (Å²) >= 11 is 0. The van der Waals surface area contributed by atoms with Crippen molar-refractivity contribution in [1.29, 1.82) is 0 Å². The lowest BCUT2D eigenvalue weighted by molar-refractivity contribution is 0.429. The van der Waals surface area contributed by atoms with Gasteiger partial charge in [-0.2, -0.15) is 0 Å². The number of aryl methyl sites for hydroxylation is 1. The lowest BCUT2D eigenvalue weighted by Crippen LogP contribution is -1.90. The molecule has 1 heterocycles. The van der Waals surface area contributed by atoms with Gasteiger partial charge >= 0.3 is 0 Å². The van der Waals surface area contributed by atoms with Gasteiger partial charge in [-0.05, 0) is 18.1 Å². The fraction of sp³-hybridized carbons (Fsp3) is 0.182. The summed E-state index contributed by atoms with van der Waals surface area (Å²) in [6.45, 7) is 2.08. The van der Waals surface area contributed by atoms with Crippen LogP contribution in [-0.4, -0.2) is 5.16 Å². The topological polar surface area (TPSA) is 52.0 Å². The SMILES string of the molecule is Cc1ccccc1Cc1cc(N)on1. The number of rotatable bonds is 2. The highest BCUT2D eigenvalue weighted by Crippen LogP contribution is 2.14. The van der Waals surface area contributed by atoms with Gasteiger partial charge in [-0.3, -0.25) is 0 Å². The van der Waals surface area contributed by atoms with Crippen LogP contribution in [-0.2, 0) is 6.42 Å². The fourth-order valence-corrected chi connectivity index (χ4v) is 1.42. The molecule has 0 atom stereocenters. The van der Waals surface area contributed by atoms with Gasteiger partial charge in [-0.1, -0.05) is 29.4 Å². The summed E-state index contributed by atoms with van der Waals surface area (Å²) in [5.41, 5.74) is 8.82. The van der Waals surface area contributed by atoms with E-state index in [9.17, 15) is 0 Å². The molecule has 0 saturated heterocycles. The number of hydrogen-bond acceptors (Lipinski definition) is 3. The number of nitrogen functional groups attached to an aromatic ring is 1. The standard InChI is InChI=1S/C11H12N2O/c1-8-4-2-3-5-9(8)6-10-7-11(12)14-13-10/h2-5,7H,6,12H2,1H3. The highest BCUT2D eigenvalue weighted by molar-refractivity contribution is 5.32. The smallest absolute Gasteiger partial charge is 0.222 e. The molecule has 3 nitrogen and oxygen atoms in total. The van der Waals surface area contributed by atoms with Gasteiger partial charge in [0.05, 0.1) is 5.69 Å². The minimum Gasteiger partial charge on any atom is -0.368 e. The van der Waals surface area contributed by atoms with Crippen molar-refractivity contribution < 1.29 is 4.52 Å². The molecular formula is C11H12N2O. The molecule has 2 N–H and O–H groups in total. The zero-order valence-corrected chi connectivity index (χ0v) is 8.03. The van der Waals surface area contributed by atoms with Crippen LogP contribution in [0.5, 0.6) is 0 Å². The summed E-state index contributed by atoms with van der Waals surface area (Å²) in [7, 11) is 0. The average Bonchev–Trinajstić information content (AvgIpc) is 2.56. The number of hydrogen-bond donors (Lipinski definition) is 1. The van der Waals surface area contributed by atoms with Crippen LogP contribution in [0.4, 0.5) is 5.88 Å². The first-order chi connectivity index (χ1) is 6.75. The number of nitrogens with two attached hydrogens (primary N) is 1. The lowest BCUT2D eigenvalue weighted by atomic mass is 10.0. The van der Waals surface area contributed by atoms with E-state index < -0.39 is 0 Å². The van der Waals surface area contributed by atoms with Crippen molar-refractivity contribution in [3.05, 3.63) is 47.2 Å². The Bertz CT molecular complexity index is 434. The van der Waals surface area contributed by atoms with Crippen molar-refractivity contribution in [2.75, 3.05) is 5.73 Å². The number of anilines is 1. The maximum atomic E-state index is 5.44. The van der Waals surface area contributed by atoms with E-state index >= 15 is 0 Å². The van der Waals surface area contributed by atoms with Crippen LogP contribution in [0.3, 0.4) is 0 Å². The molecule has 0 aliphatic carbocycles. The van der Waals surface area contributed by atoms with Crippen molar-refractivity contribution >= 4 is 5.88 Å². The monoisotopic (exact) mass is 188 g/mol. The fourth-order valence-electron chi connectivity index (χ4n) is 1.42. The maximum absolute atomic E-state index is 5.44. The molecule has 2 rings (SSSR count). The van der Waals surface area contributed by atoms with E-state index in [1.807, 2.05) is 12.1 Å². The van der Waals surface area contributed by atoms with Gasteiger partial charge in [0.2, 0.25) is 5.88 Å². The Labute approximate surface area is 82.5 Å². The van der Waals surface area contributed by atoms with Crippen molar-refractivity contribution in [3.63, 3.8) is 0 Å². The summed E-state index contributed by atoms with van der Waals surface area (Å²) < 4.78 is 4.80. The van der Waals surface area contributed by atoms with Crippen molar-refractivity contribution in [2.24, 2.45) is 0 Å². The third kappa shape index (κ3) is 1.76. The molecule has 1 aromatic heterocycles. The highest BCUT2D eigenvalue weighted by Gasteiger charge is 2.03. The van der Waals surface area contributed by atoms with Crippen LogP contribution in [0.1, 0.15) is 16.8 Å². The first-order valence-corrected chi connectivity index (χ1v) is 4.51. The summed E-state index contributed by atoms with van der Waals surface area (Å²) in [5.74, 6) is 0.369. The number of aromatic nitrogens is 1. The van der Waals surface area contributed by atoms with Crippen molar-refractivity contribution in [2.45, 2.75) is 13.3 Å². The van der Waals surface area contributed by atoms with E-state index in [1.165, 1.54) is 11.1 Å². The summed E-state index contributed by atoms with van der Waals surface area (Å²) in [4.78, 5) is 0. The Kier molecular flexibility index (Phi) is 2.23. The molecule has 14 heavy (non-hydrogen) atoms. The zero-order chi connectivity index (χ0) is 9.97. The van der Waals surface area contributed by atoms with Crippen LogP contribution >= 0.6 is 0 Å². The van der Waals surface area contributed by atoms with Gasteiger partial charge in [0.1, 0.15) is 0 Å². The molecule has 0 aliphatic rings. The molecule has 0 amide bonds. The number of nitrogens with zero attached hydrogens (tertiary/aromatic N) is 1. The minimum absolute atomic E-state index is 0.369. The predicted molar refractivity (Wildman–Crippen MR) is 54.9 cm³/mol. The molecule has 0 saturated carbocycles. The predicted octanol–water partition coefficient (Wildman–Crippen LogP) is 2.16. The van der Waals surface area contributed by atoms with Gasteiger partial charge in [0.15, 0.2) is 0 Å². The van der Waals surface area contributed by atoms with Crippen molar-refractivity contribution in [1.82, 2.24) is 5.16 Å². The largest absolute Gasteiger partial charge is 0.368 e. The first-order valence-electron chi connectivity index (χ1n) is 4.51. The molecule has 0 spiro atoms. The molecule has 0 bridgehead atoms. The van der Waals surface area contributed by atoms with Gasteiger partial charge in [-0.25, -0.2) is 0 Å². The second-order valence-corrected chi connectivity index (χ2v) is 3.32.